The van der Waals surface area contributed by atoms with Gasteiger partial charge in [-0.2, -0.15) is 0 Å². The fourth-order valence-corrected chi connectivity index (χ4v) is 2.37. The Morgan fingerprint density at radius 1 is 1.35 bits per heavy atom. The lowest BCUT2D eigenvalue weighted by Crippen LogP contribution is -2.18. The summed E-state index contributed by atoms with van der Waals surface area (Å²) in [5.74, 6) is 0. The van der Waals surface area contributed by atoms with Crippen LogP contribution in [0.1, 0.15) is 32.9 Å². The van der Waals surface area contributed by atoms with E-state index >= 15 is 0 Å². The van der Waals surface area contributed by atoms with Crippen molar-refractivity contribution in [2.75, 3.05) is 11.9 Å². The summed E-state index contributed by atoms with van der Waals surface area (Å²) < 4.78 is 0. The number of rotatable bonds is 6. The molecule has 2 aromatic rings. The van der Waals surface area contributed by atoms with E-state index in [1.807, 2.05) is 19.1 Å². The molecule has 0 amide bonds. The highest BCUT2D eigenvalue weighted by Gasteiger charge is 2.19. The Kier molecular flexibility index (Phi) is 5.57. The third-order valence-corrected chi connectivity index (χ3v) is 3.69. The minimum absolute atomic E-state index is 0.0784. The monoisotopic (exact) mass is 335 g/mol. The fourth-order valence-electron chi connectivity index (χ4n) is 2.21. The summed E-state index contributed by atoms with van der Waals surface area (Å²) >= 11 is 6.01. The van der Waals surface area contributed by atoms with E-state index in [1.54, 1.807) is 32.2 Å². The second kappa shape index (κ2) is 7.25. The Bertz CT molecular complexity index is 671. The van der Waals surface area contributed by atoms with Gasteiger partial charge in [-0.15, -0.1) is 0 Å². The van der Waals surface area contributed by atoms with Gasteiger partial charge in [-0.25, -0.2) is 9.97 Å². The number of pyridine rings is 2. The van der Waals surface area contributed by atoms with Gasteiger partial charge in [0.1, 0.15) is 10.8 Å². The molecule has 0 radical (unpaired) electrons. The second-order valence-corrected chi connectivity index (χ2v) is 6.46. The molecule has 124 valence electrons. The largest absolute Gasteiger partial charge is 0.396 e. The molecule has 2 aromatic heterocycles. The van der Waals surface area contributed by atoms with Crippen LogP contribution in [0.15, 0.2) is 30.5 Å². The Morgan fingerprint density at radius 2 is 2.09 bits per heavy atom. The van der Waals surface area contributed by atoms with E-state index in [0.717, 1.165) is 11.3 Å². The quantitative estimate of drug-likeness (QED) is 0.706. The highest BCUT2D eigenvalue weighted by Crippen LogP contribution is 2.30. The molecule has 3 N–H and O–H groups in total. The molecule has 0 aliphatic rings. The van der Waals surface area contributed by atoms with Crippen LogP contribution in [0.3, 0.4) is 0 Å². The number of nitrogens with zero attached hydrogens (tertiary/aromatic N) is 2. The van der Waals surface area contributed by atoms with Crippen molar-refractivity contribution in [3.05, 3.63) is 41.3 Å². The van der Waals surface area contributed by atoms with Gasteiger partial charge in [0.2, 0.25) is 0 Å². The minimum Gasteiger partial charge on any atom is -0.396 e. The lowest BCUT2D eigenvalue weighted by Gasteiger charge is -2.19. The third-order valence-electron chi connectivity index (χ3n) is 3.49. The van der Waals surface area contributed by atoms with Crippen LogP contribution < -0.4 is 5.32 Å². The Labute approximate surface area is 141 Å². The third kappa shape index (κ3) is 4.64. The van der Waals surface area contributed by atoms with Crippen molar-refractivity contribution in [3.8, 4) is 11.3 Å². The molecule has 0 unspecified atom stereocenters. The van der Waals surface area contributed by atoms with Gasteiger partial charge in [0.25, 0.3) is 0 Å². The summed E-state index contributed by atoms with van der Waals surface area (Å²) in [6.07, 6.45) is 2.28. The summed E-state index contributed by atoms with van der Waals surface area (Å²) in [6, 6.07) is 7.32. The first-order chi connectivity index (χ1) is 10.8. The standard InChI is InChI=1S/C17H22ClN3O2/c1-11(7-8-22)20-14-9-16(18)19-10-12(14)13-5-4-6-15(21-13)17(2,3)23/h4-6,9-11,22-23H,7-8H2,1-3H3,(H,19,20)/t11-/m0/s1. The molecule has 0 saturated heterocycles. The van der Waals surface area contributed by atoms with E-state index in [-0.39, 0.29) is 12.6 Å². The number of aromatic nitrogens is 2. The van der Waals surface area contributed by atoms with E-state index in [4.69, 9.17) is 16.7 Å². The van der Waals surface area contributed by atoms with E-state index < -0.39 is 5.60 Å². The normalized spacial score (nSPS) is 13.0. The van der Waals surface area contributed by atoms with Gasteiger partial charge in [0, 0.05) is 30.1 Å². The number of anilines is 1. The summed E-state index contributed by atoms with van der Waals surface area (Å²) in [5.41, 5.74) is 1.86. The Hall–Kier alpha value is -1.69. The highest BCUT2D eigenvalue weighted by molar-refractivity contribution is 6.29. The lowest BCUT2D eigenvalue weighted by molar-refractivity contribution is 0.0740. The van der Waals surface area contributed by atoms with Gasteiger partial charge >= 0.3 is 0 Å². The van der Waals surface area contributed by atoms with Gasteiger partial charge in [-0.1, -0.05) is 17.7 Å². The zero-order valence-electron chi connectivity index (χ0n) is 13.5. The van der Waals surface area contributed by atoms with Crippen LogP contribution in [0.4, 0.5) is 5.69 Å². The van der Waals surface area contributed by atoms with Crippen LogP contribution in [0.2, 0.25) is 5.15 Å². The fraction of sp³-hybridized carbons (Fsp3) is 0.412. The SMILES string of the molecule is C[C@@H](CCO)Nc1cc(Cl)ncc1-c1cccc(C(C)(C)O)n1. The van der Waals surface area contributed by atoms with Crippen LogP contribution >= 0.6 is 11.6 Å². The zero-order valence-corrected chi connectivity index (χ0v) is 14.3. The van der Waals surface area contributed by atoms with Gasteiger partial charge in [0.05, 0.1) is 11.4 Å². The molecule has 0 saturated carbocycles. The highest BCUT2D eigenvalue weighted by atomic mass is 35.5. The van der Waals surface area contributed by atoms with E-state index in [9.17, 15) is 5.11 Å². The van der Waals surface area contributed by atoms with E-state index in [0.29, 0.717) is 23.0 Å². The molecule has 0 aliphatic heterocycles. The van der Waals surface area contributed by atoms with Crippen LogP contribution in [0, 0.1) is 0 Å². The van der Waals surface area contributed by atoms with Gasteiger partial charge < -0.3 is 15.5 Å². The smallest absolute Gasteiger partial charge is 0.131 e. The van der Waals surface area contributed by atoms with Crippen molar-refractivity contribution in [2.45, 2.75) is 38.8 Å². The molecule has 0 aliphatic carbocycles. The van der Waals surface area contributed by atoms with Crippen LogP contribution in [-0.2, 0) is 5.60 Å². The van der Waals surface area contributed by atoms with Crippen molar-refractivity contribution in [1.29, 1.82) is 0 Å². The van der Waals surface area contributed by atoms with Crippen molar-refractivity contribution in [3.63, 3.8) is 0 Å². The van der Waals surface area contributed by atoms with Crippen molar-refractivity contribution in [1.82, 2.24) is 9.97 Å². The summed E-state index contributed by atoms with van der Waals surface area (Å²) in [7, 11) is 0. The number of aliphatic hydroxyl groups excluding tert-OH is 1. The molecule has 5 nitrogen and oxygen atoms in total. The molecule has 0 fully saturated rings. The average molecular weight is 336 g/mol. The Balaban J connectivity index is 2.43. The summed E-state index contributed by atoms with van der Waals surface area (Å²) in [5, 5.41) is 22.9. The molecule has 0 bridgehead atoms. The van der Waals surface area contributed by atoms with Crippen LogP contribution in [0.25, 0.3) is 11.3 Å². The minimum atomic E-state index is -1.02. The maximum atomic E-state index is 10.1. The van der Waals surface area contributed by atoms with Crippen molar-refractivity contribution in [2.24, 2.45) is 0 Å². The maximum absolute atomic E-state index is 10.1. The predicted molar refractivity (Wildman–Crippen MR) is 92.5 cm³/mol. The lowest BCUT2D eigenvalue weighted by atomic mass is 10.0. The van der Waals surface area contributed by atoms with Gasteiger partial charge in [-0.05, 0) is 45.4 Å². The van der Waals surface area contributed by atoms with E-state index in [1.165, 1.54) is 0 Å². The molecule has 0 aromatic carbocycles. The maximum Gasteiger partial charge on any atom is 0.131 e. The second-order valence-electron chi connectivity index (χ2n) is 6.08. The van der Waals surface area contributed by atoms with Gasteiger partial charge in [-0.3, -0.25) is 0 Å². The zero-order chi connectivity index (χ0) is 17.0. The summed E-state index contributed by atoms with van der Waals surface area (Å²) in [4.78, 5) is 8.67. The molecule has 2 rings (SSSR count). The van der Waals surface area contributed by atoms with Crippen LogP contribution in [-0.4, -0.2) is 32.8 Å². The molecule has 23 heavy (non-hydrogen) atoms. The van der Waals surface area contributed by atoms with Crippen LogP contribution in [0.5, 0.6) is 0 Å². The number of hydrogen-bond donors (Lipinski definition) is 3. The van der Waals surface area contributed by atoms with Crippen molar-refractivity contribution < 1.29 is 10.2 Å². The molecule has 6 heteroatoms. The van der Waals surface area contributed by atoms with Gasteiger partial charge in [0.15, 0.2) is 0 Å². The predicted octanol–water partition coefficient (Wildman–Crippen LogP) is 3.21. The first kappa shape index (κ1) is 17.7. The number of nitrogens with one attached hydrogen (secondary N) is 1. The van der Waals surface area contributed by atoms with E-state index in [2.05, 4.69) is 15.3 Å². The molecular formula is C17H22ClN3O2. The van der Waals surface area contributed by atoms with Crippen molar-refractivity contribution >= 4 is 17.3 Å². The number of aliphatic hydroxyl groups is 2. The molecule has 0 spiro atoms. The first-order valence-corrected chi connectivity index (χ1v) is 7.92. The molecule has 2 heterocycles. The number of halogens is 1. The first-order valence-electron chi connectivity index (χ1n) is 7.54. The topological polar surface area (TPSA) is 78.3 Å². The Morgan fingerprint density at radius 3 is 2.74 bits per heavy atom. The average Bonchev–Trinajstić information content (AvgIpc) is 2.47. The summed E-state index contributed by atoms with van der Waals surface area (Å²) in [6.45, 7) is 5.48. The molecular weight excluding hydrogens is 314 g/mol. The molecule has 1 atom stereocenters. The number of hydrogen-bond acceptors (Lipinski definition) is 5.